The molecule has 1 N–H and O–H groups in total. The molecule has 1 aromatic carbocycles. The van der Waals surface area contributed by atoms with Crippen LogP contribution in [0.15, 0.2) is 30.3 Å². The monoisotopic (exact) mass is 391 g/mol. The molecule has 27 heavy (non-hydrogen) atoms. The van der Waals surface area contributed by atoms with Crippen LogP contribution in [0.2, 0.25) is 0 Å². The van der Waals surface area contributed by atoms with Gasteiger partial charge >= 0.3 is 11.9 Å². The zero-order valence-electron chi connectivity index (χ0n) is 15.5. The molecule has 2 aromatic rings. The van der Waals surface area contributed by atoms with Crippen LogP contribution in [-0.4, -0.2) is 38.2 Å². The smallest absolute Gasteiger partial charge is 0.348 e. The summed E-state index contributed by atoms with van der Waals surface area (Å²) in [7, 11) is 2.48. The molecule has 0 aliphatic heterocycles. The van der Waals surface area contributed by atoms with Gasteiger partial charge in [0.25, 0.3) is 5.91 Å². The molecule has 0 spiro atoms. The number of anilines is 1. The van der Waals surface area contributed by atoms with Crippen LogP contribution >= 0.6 is 11.3 Å². The van der Waals surface area contributed by atoms with Crippen LogP contribution in [0.3, 0.4) is 0 Å². The van der Waals surface area contributed by atoms with Gasteiger partial charge in [0.15, 0.2) is 6.10 Å². The minimum Gasteiger partial charge on any atom is -0.481 e. The van der Waals surface area contributed by atoms with E-state index in [1.165, 1.54) is 14.2 Å². The molecule has 0 radical (unpaired) electrons. The number of hydrogen-bond donors (Lipinski definition) is 1. The summed E-state index contributed by atoms with van der Waals surface area (Å²) in [5.41, 5.74) is 0.525. The topological polar surface area (TPSA) is 90.9 Å². The van der Waals surface area contributed by atoms with Gasteiger partial charge in [-0.3, -0.25) is 4.79 Å². The molecule has 0 unspecified atom stereocenters. The van der Waals surface area contributed by atoms with Crippen molar-refractivity contribution in [2.24, 2.45) is 0 Å². The molecule has 0 bridgehead atoms. The molecule has 0 aliphatic rings. The van der Waals surface area contributed by atoms with Gasteiger partial charge in [0.2, 0.25) is 0 Å². The molecular formula is C19H21NO6S. The number of nitrogens with one attached hydrogen (secondary N) is 1. The lowest BCUT2D eigenvalue weighted by Gasteiger charge is -2.17. The second-order valence-electron chi connectivity index (χ2n) is 5.56. The lowest BCUT2D eigenvalue weighted by molar-refractivity contribution is -0.122. The summed E-state index contributed by atoms with van der Waals surface area (Å²) in [5, 5.41) is 2.91. The number of methoxy groups -OCH3 is 2. The Hall–Kier alpha value is -2.87. The van der Waals surface area contributed by atoms with Gasteiger partial charge in [-0.25, -0.2) is 9.59 Å². The Labute approximate surface area is 161 Å². The van der Waals surface area contributed by atoms with Crippen LogP contribution in [-0.2, 0) is 14.3 Å². The maximum atomic E-state index is 12.7. The van der Waals surface area contributed by atoms with Crippen molar-refractivity contribution in [2.45, 2.75) is 26.4 Å². The van der Waals surface area contributed by atoms with Gasteiger partial charge < -0.3 is 19.5 Å². The van der Waals surface area contributed by atoms with Crippen molar-refractivity contribution in [1.29, 1.82) is 0 Å². The van der Waals surface area contributed by atoms with E-state index in [1.54, 1.807) is 31.2 Å². The van der Waals surface area contributed by atoms with Crippen molar-refractivity contribution in [3.63, 3.8) is 0 Å². The first-order valence-corrected chi connectivity index (χ1v) is 9.07. The van der Waals surface area contributed by atoms with Crippen molar-refractivity contribution >= 4 is 34.2 Å². The van der Waals surface area contributed by atoms with E-state index in [0.717, 1.165) is 11.3 Å². The number of esters is 2. The van der Waals surface area contributed by atoms with Crippen LogP contribution < -0.4 is 10.1 Å². The van der Waals surface area contributed by atoms with Crippen molar-refractivity contribution in [3.05, 3.63) is 46.3 Å². The third-order valence-electron chi connectivity index (χ3n) is 3.83. The maximum Gasteiger partial charge on any atom is 0.348 e. The highest BCUT2D eigenvalue weighted by molar-refractivity contribution is 7.18. The summed E-state index contributed by atoms with van der Waals surface area (Å²) < 4.78 is 15.2. The van der Waals surface area contributed by atoms with E-state index in [1.807, 2.05) is 13.0 Å². The Balaban J connectivity index is 2.29. The summed E-state index contributed by atoms with van der Waals surface area (Å²) >= 11 is 0.962. The minimum atomic E-state index is -0.762. The molecule has 2 rings (SSSR count). The molecule has 7 nitrogen and oxygen atoms in total. The number of ether oxygens (including phenoxy) is 3. The zero-order chi connectivity index (χ0) is 20.0. The number of thiophene rings is 1. The van der Waals surface area contributed by atoms with Crippen LogP contribution in [0.25, 0.3) is 0 Å². The fraction of sp³-hybridized carbons (Fsp3) is 0.316. The number of rotatable bonds is 7. The first-order chi connectivity index (χ1) is 12.9. The fourth-order valence-electron chi connectivity index (χ4n) is 2.41. The van der Waals surface area contributed by atoms with Crippen molar-refractivity contribution < 1.29 is 28.6 Å². The lowest BCUT2D eigenvalue weighted by Crippen LogP contribution is -2.32. The predicted molar refractivity (Wildman–Crippen MR) is 102 cm³/mol. The molecule has 144 valence electrons. The highest BCUT2D eigenvalue weighted by Gasteiger charge is 2.28. The van der Waals surface area contributed by atoms with Crippen molar-refractivity contribution in [2.75, 3.05) is 19.5 Å². The first-order valence-electron chi connectivity index (χ1n) is 8.25. The van der Waals surface area contributed by atoms with E-state index in [4.69, 9.17) is 14.2 Å². The number of benzene rings is 1. The quantitative estimate of drug-likeness (QED) is 0.727. The third-order valence-corrected chi connectivity index (χ3v) is 5.02. The van der Waals surface area contributed by atoms with Gasteiger partial charge in [-0.05, 0) is 31.0 Å². The molecule has 8 heteroatoms. The zero-order valence-corrected chi connectivity index (χ0v) is 16.3. The molecule has 0 fully saturated rings. The number of carbonyl (C=O) groups is 3. The third kappa shape index (κ3) is 4.65. The van der Waals surface area contributed by atoms with Crippen LogP contribution in [0.5, 0.6) is 5.75 Å². The summed E-state index contributed by atoms with van der Waals surface area (Å²) in [6.45, 7) is 3.41. The van der Waals surface area contributed by atoms with Crippen LogP contribution in [0.1, 0.15) is 38.9 Å². The predicted octanol–water partition coefficient (Wildman–Crippen LogP) is 3.43. The number of hydrogen-bond acceptors (Lipinski definition) is 7. The number of amides is 1. The molecule has 0 saturated heterocycles. The molecule has 1 heterocycles. The molecule has 0 saturated carbocycles. The number of para-hydroxylation sites is 1. The van der Waals surface area contributed by atoms with E-state index in [9.17, 15) is 14.4 Å². The standard InChI is InChI=1S/C19H21NO6S/c1-5-13(26-12-9-7-6-8-10-12)16(21)20-17-14(18(22)24-3)11(2)15(27-17)19(23)25-4/h6-10,13H,5H2,1-4H3,(H,20,21)/t13-/m1/s1. The van der Waals surface area contributed by atoms with Gasteiger partial charge in [-0.1, -0.05) is 25.1 Å². The Morgan fingerprint density at radius 1 is 1.07 bits per heavy atom. The summed E-state index contributed by atoms with van der Waals surface area (Å²) in [6.07, 6.45) is -0.343. The van der Waals surface area contributed by atoms with Crippen molar-refractivity contribution in [1.82, 2.24) is 0 Å². The second kappa shape index (κ2) is 9.18. The van der Waals surface area contributed by atoms with E-state index >= 15 is 0 Å². The Kier molecular flexibility index (Phi) is 6.95. The minimum absolute atomic E-state index is 0.130. The van der Waals surface area contributed by atoms with Crippen LogP contribution in [0, 0.1) is 6.92 Å². The van der Waals surface area contributed by atoms with E-state index in [0.29, 0.717) is 17.7 Å². The largest absolute Gasteiger partial charge is 0.481 e. The Morgan fingerprint density at radius 3 is 2.26 bits per heavy atom. The first kappa shape index (κ1) is 20.4. The molecular weight excluding hydrogens is 370 g/mol. The van der Waals surface area contributed by atoms with Gasteiger partial charge in [-0.2, -0.15) is 0 Å². The Morgan fingerprint density at radius 2 is 1.70 bits per heavy atom. The lowest BCUT2D eigenvalue weighted by atomic mass is 10.1. The summed E-state index contributed by atoms with van der Waals surface area (Å²) in [6, 6.07) is 8.96. The average molecular weight is 391 g/mol. The molecule has 1 atom stereocenters. The highest BCUT2D eigenvalue weighted by Crippen LogP contribution is 2.34. The molecule has 1 amide bonds. The maximum absolute atomic E-state index is 12.7. The van der Waals surface area contributed by atoms with Gasteiger partial charge in [0.05, 0.1) is 19.8 Å². The van der Waals surface area contributed by atoms with E-state index in [-0.39, 0.29) is 15.4 Å². The van der Waals surface area contributed by atoms with Gasteiger partial charge in [0, 0.05) is 0 Å². The normalized spacial score (nSPS) is 11.4. The van der Waals surface area contributed by atoms with Gasteiger partial charge in [0.1, 0.15) is 15.6 Å². The van der Waals surface area contributed by atoms with Crippen LogP contribution in [0.4, 0.5) is 5.00 Å². The Bertz CT molecular complexity index is 830. The molecule has 0 aliphatic carbocycles. The van der Waals surface area contributed by atoms with Gasteiger partial charge in [-0.15, -0.1) is 11.3 Å². The summed E-state index contributed by atoms with van der Waals surface area (Å²) in [4.78, 5) is 37.0. The summed E-state index contributed by atoms with van der Waals surface area (Å²) in [5.74, 6) is -1.10. The fourth-order valence-corrected chi connectivity index (χ4v) is 3.53. The van der Waals surface area contributed by atoms with Crippen molar-refractivity contribution in [3.8, 4) is 5.75 Å². The average Bonchev–Trinajstić information content (AvgIpc) is 3.01. The number of carbonyl (C=O) groups excluding carboxylic acids is 3. The van der Waals surface area contributed by atoms with E-state index < -0.39 is 23.9 Å². The van der Waals surface area contributed by atoms with E-state index in [2.05, 4.69) is 5.32 Å². The highest BCUT2D eigenvalue weighted by atomic mass is 32.1. The molecule has 1 aromatic heterocycles. The second-order valence-corrected chi connectivity index (χ2v) is 6.58. The SMILES string of the molecule is CC[C@@H](Oc1ccccc1)C(=O)Nc1sc(C(=O)OC)c(C)c1C(=O)OC.